The molecule has 132 valence electrons. The zero-order valence-electron chi connectivity index (χ0n) is 13.5. The molecular formula is C19H19F2NO3. The molecule has 1 atom stereocenters. The van der Waals surface area contributed by atoms with Gasteiger partial charge in [-0.05, 0) is 42.5 Å². The van der Waals surface area contributed by atoms with E-state index in [1.165, 1.54) is 0 Å². The van der Waals surface area contributed by atoms with Crippen molar-refractivity contribution in [2.24, 2.45) is 0 Å². The van der Waals surface area contributed by atoms with Crippen molar-refractivity contribution in [1.29, 1.82) is 0 Å². The number of carbonyl (C=O) groups is 2. The second-order valence-corrected chi connectivity index (χ2v) is 5.79. The molecule has 0 aliphatic carbocycles. The third-order valence-electron chi connectivity index (χ3n) is 3.72. The van der Waals surface area contributed by atoms with Crippen LogP contribution in [0.25, 0.3) is 0 Å². The maximum absolute atomic E-state index is 13.1. The number of halogens is 2. The molecule has 2 aromatic carbocycles. The first-order valence-corrected chi connectivity index (χ1v) is 7.95. The Hall–Kier alpha value is -2.76. The van der Waals surface area contributed by atoms with Crippen LogP contribution >= 0.6 is 0 Å². The molecule has 1 amide bonds. The van der Waals surface area contributed by atoms with Crippen LogP contribution in [0.5, 0.6) is 0 Å². The fourth-order valence-corrected chi connectivity index (χ4v) is 2.56. The van der Waals surface area contributed by atoms with E-state index < -0.39 is 29.6 Å². The number of nitrogens with one attached hydrogen (secondary N) is 1. The number of carboxylic acid groups (broad SMARTS) is 1. The van der Waals surface area contributed by atoms with E-state index in [2.05, 4.69) is 5.32 Å². The van der Waals surface area contributed by atoms with Crippen LogP contribution in [0.15, 0.2) is 48.5 Å². The first-order valence-electron chi connectivity index (χ1n) is 7.95. The summed E-state index contributed by atoms with van der Waals surface area (Å²) in [6, 6.07) is 11.4. The first kappa shape index (κ1) is 18.6. The lowest BCUT2D eigenvalue weighted by atomic mass is 10.0. The summed E-state index contributed by atoms with van der Waals surface area (Å²) in [7, 11) is 0. The van der Waals surface area contributed by atoms with Gasteiger partial charge in [-0.3, -0.25) is 4.79 Å². The Kier molecular flexibility index (Phi) is 6.62. The number of rotatable bonds is 8. The van der Waals surface area contributed by atoms with Gasteiger partial charge in [0.15, 0.2) is 0 Å². The number of aryl methyl sites for hydroxylation is 1. The standard InChI is InChI=1S/C19H19F2NO3/c20-15-9-14(10-16(21)12-15)11-18(23)22-17(19(24)25)8-4-7-13-5-2-1-3-6-13/h1-3,5-6,9-10,12,17H,4,7-8,11H2,(H,22,23)(H,24,25)/t17-/m1/s1. The van der Waals surface area contributed by atoms with Gasteiger partial charge in [0.1, 0.15) is 17.7 Å². The van der Waals surface area contributed by atoms with Crippen LogP contribution in [0, 0.1) is 11.6 Å². The van der Waals surface area contributed by atoms with Gasteiger partial charge in [0.25, 0.3) is 0 Å². The maximum Gasteiger partial charge on any atom is 0.326 e. The minimum absolute atomic E-state index is 0.156. The fraction of sp³-hybridized carbons (Fsp3) is 0.263. The highest BCUT2D eigenvalue weighted by molar-refractivity contribution is 5.84. The molecule has 4 nitrogen and oxygen atoms in total. The second kappa shape index (κ2) is 8.92. The predicted octanol–water partition coefficient (Wildman–Crippen LogP) is 3.10. The number of carboxylic acids is 1. The monoisotopic (exact) mass is 347 g/mol. The maximum atomic E-state index is 13.1. The molecule has 0 aromatic heterocycles. The van der Waals surface area contributed by atoms with Crippen LogP contribution in [0.4, 0.5) is 8.78 Å². The van der Waals surface area contributed by atoms with Crippen molar-refractivity contribution < 1.29 is 23.5 Å². The topological polar surface area (TPSA) is 66.4 Å². The van der Waals surface area contributed by atoms with E-state index in [4.69, 9.17) is 0 Å². The van der Waals surface area contributed by atoms with E-state index in [0.717, 1.165) is 17.7 Å². The van der Waals surface area contributed by atoms with Gasteiger partial charge in [-0.25, -0.2) is 13.6 Å². The molecule has 2 rings (SSSR count). The minimum atomic E-state index is -1.13. The van der Waals surface area contributed by atoms with Crippen LogP contribution in [0.2, 0.25) is 0 Å². The molecule has 2 aromatic rings. The van der Waals surface area contributed by atoms with Gasteiger partial charge in [-0.15, -0.1) is 0 Å². The quantitative estimate of drug-likeness (QED) is 0.771. The molecule has 0 bridgehead atoms. The summed E-state index contributed by atoms with van der Waals surface area (Å²) in [5.74, 6) is -3.27. The summed E-state index contributed by atoms with van der Waals surface area (Å²) < 4.78 is 26.3. The van der Waals surface area contributed by atoms with E-state index in [1.807, 2.05) is 30.3 Å². The number of carbonyl (C=O) groups excluding carboxylic acids is 1. The smallest absolute Gasteiger partial charge is 0.326 e. The van der Waals surface area contributed by atoms with Gasteiger partial charge >= 0.3 is 5.97 Å². The van der Waals surface area contributed by atoms with E-state index in [-0.39, 0.29) is 18.4 Å². The lowest BCUT2D eigenvalue weighted by molar-refractivity contribution is -0.142. The lowest BCUT2D eigenvalue weighted by Gasteiger charge is -2.14. The van der Waals surface area contributed by atoms with Crippen molar-refractivity contribution in [2.75, 3.05) is 0 Å². The average molecular weight is 347 g/mol. The Morgan fingerprint density at radius 2 is 1.64 bits per heavy atom. The SMILES string of the molecule is O=C(Cc1cc(F)cc(F)c1)N[C@H](CCCc1ccccc1)C(=O)O. The predicted molar refractivity (Wildman–Crippen MR) is 89.0 cm³/mol. The van der Waals surface area contributed by atoms with Crippen molar-refractivity contribution in [3.63, 3.8) is 0 Å². The molecule has 0 aliphatic heterocycles. The molecule has 0 heterocycles. The molecule has 0 unspecified atom stereocenters. The van der Waals surface area contributed by atoms with E-state index in [0.29, 0.717) is 18.9 Å². The van der Waals surface area contributed by atoms with Crippen LogP contribution in [-0.2, 0) is 22.4 Å². The molecule has 0 fully saturated rings. The Labute approximate surface area is 144 Å². The van der Waals surface area contributed by atoms with Crippen molar-refractivity contribution >= 4 is 11.9 Å². The number of aliphatic carboxylic acids is 1. The third-order valence-corrected chi connectivity index (χ3v) is 3.72. The lowest BCUT2D eigenvalue weighted by Crippen LogP contribution is -2.41. The Balaban J connectivity index is 1.87. The molecule has 0 saturated carbocycles. The minimum Gasteiger partial charge on any atom is -0.480 e. The number of benzene rings is 2. The highest BCUT2D eigenvalue weighted by atomic mass is 19.1. The van der Waals surface area contributed by atoms with Crippen molar-refractivity contribution in [2.45, 2.75) is 31.7 Å². The summed E-state index contributed by atoms with van der Waals surface area (Å²) in [5, 5.41) is 11.6. The van der Waals surface area contributed by atoms with Crippen LogP contribution in [0.1, 0.15) is 24.0 Å². The highest BCUT2D eigenvalue weighted by Gasteiger charge is 2.19. The summed E-state index contributed by atoms with van der Waals surface area (Å²) in [6.07, 6.45) is 1.29. The average Bonchev–Trinajstić information content (AvgIpc) is 2.53. The van der Waals surface area contributed by atoms with Crippen molar-refractivity contribution in [1.82, 2.24) is 5.32 Å². The zero-order valence-corrected chi connectivity index (χ0v) is 13.5. The summed E-state index contributed by atoms with van der Waals surface area (Å²) in [4.78, 5) is 23.3. The number of hydrogen-bond acceptors (Lipinski definition) is 2. The van der Waals surface area contributed by atoms with Gasteiger partial charge in [0.05, 0.1) is 6.42 Å². The number of hydrogen-bond donors (Lipinski definition) is 2. The molecule has 0 aliphatic rings. The molecule has 0 saturated heterocycles. The summed E-state index contributed by atoms with van der Waals surface area (Å²) >= 11 is 0. The van der Waals surface area contributed by atoms with E-state index in [1.54, 1.807) is 0 Å². The molecule has 0 radical (unpaired) electrons. The second-order valence-electron chi connectivity index (χ2n) is 5.79. The molecular weight excluding hydrogens is 328 g/mol. The van der Waals surface area contributed by atoms with E-state index >= 15 is 0 Å². The Morgan fingerprint density at radius 3 is 2.24 bits per heavy atom. The highest BCUT2D eigenvalue weighted by Crippen LogP contribution is 2.10. The first-order chi connectivity index (χ1) is 11.9. The number of amides is 1. The normalized spacial score (nSPS) is 11.8. The summed E-state index contributed by atoms with van der Waals surface area (Å²) in [5.41, 5.74) is 1.25. The van der Waals surface area contributed by atoms with Crippen molar-refractivity contribution in [3.8, 4) is 0 Å². The Morgan fingerprint density at radius 1 is 1.00 bits per heavy atom. The third kappa shape index (κ3) is 6.33. The van der Waals surface area contributed by atoms with Gasteiger partial charge in [0, 0.05) is 6.07 Å². The summed E-state index contributed by atoms with van der Waals surface area (Å²) in [6.45, 7) is 0. The fourth-order valence-electron chi connectivity index (χ4n) is 2.56. The molecule has 0 spiro atoms. The Bertz CT molecular complexity index is 714. The van der Waals surface area contributed by atoms with E-state index in [9.17, 15) is 23.5 Å². The van der Waals surface area contributed by atoms with Gasteiger partial charge in [0.2, 0.25) is 5.91 Å². The largest absolute Gasteiger partial charge is 0.480 e. The van der Waals surface area contributed by atoms with Gasteiger partial charge in [-0.1, -0.05) is 30.3 Å². The van der Waals surface area contributed by atoms with Crippen LogP contribution in [-0.4, -0.2) is 23.0 Å². The van der Waals surface area contributed by atoms with Gasteiger partial charge in [-0.2, -0.15) is 0 Å². The zero-order chi connectivity index (χ0) is 18.2. The molecule has 6 heteroatoms. The molecule has 25 heavy (non-hydrogen) atoms. The van der Waals surface area contributed by atoms with Gasteiger partial charge < -0.3 is 10.4 Å². The van der Waals surface area contributed by atoms with Crippen molar-refractivity contribution in [3.05, 3.63) is 71.3 Å². The van der Waals surface area contributed by atoms with Crippen LogP contribution in [0.3, 0.4) is 0 Å². The molecule has 2 N–H and O–H groups in total. The van der Waals surface area contributed by atoms with Crippen LogP contribution < -0.4 is 5.32 Å².